The van der Waals surface area contributed by atoms with E-state index in [4.69, 9.17) is 0 Å². The molecule has 0 unspecified atom stereocenters. The van der Waals surface area contributed by atoms with Crippen molar-refractivity contribution in [1.82, 2.24) is 19.1 Å². The maximum Gasteiger partial charge on any atom is 0.387 e. The van der Waals surface area contributed by atoms with Crippen molar-refractivity contribution in [3.63, 3.8) is 0 Å². The lowest BCUT2D eigenvalue weighted by atomic mass is 10.3. The van der Waals surface area contributed by atoms with Gasteiger partial charge in [0.25, 0.3) is 0 Å². The number of nitrogens with zero attached hydrogens (tertiary/aromatic N) is 4. The van der Waals surface area contributed by atoms with Gasteiger partial charge in [-0.1, -0.05) is 6.07 Å². The van der Waals surface area contributed by atoms with Gasteiger partial charge >= 0.3 is 6.61 Å². The third kappa shape index (κ3) is 3.25. The highest BCUT2D eigenvalue weighted by Gasteiger charge is 2.06. The molecule has 5 nitrogen and oxygen atoms in total. The number of aromatic nitrogens is 4. The molecule has 0 saturated carbocycles. The molecule has 3 aromatic rings. The Hall–Kier alpha value is -2.70. The molecule has 1 aromatic carbocycles. The fourth-order valence-corrected chi connectivity index (χ4v) is 1.97. The summed E-state index contributed by atoms with van der Waals surface area (Å²) >= 11 is 0. The van der Waals surface area contributed by atoms with E-state index in [1.54, 1.807) is 35.6 Å². The number of imidazole rings is 2. The summed E-state index contributed by atoms with van der Waals surface area (Å²) in [6.45, 7) is -2.24. The van der Waals surface area contributed by atoms with E-state index < -0.39 is 6.61 Å². The molecule has 0 aliphatic rings. The summed E-state index contributed by atoms with van der Waals surface area (Å²) in [5, 5.41) is 0. The molecular formula is C14H12F2N4O. The highest BCUT2D eigenvalue weighted by molar-refractivity contribution is 5.39. The van der Waals surface area contributed by atoms with E-state index in [2.05, 4.69) is 14.7 Å². The van der Waals surface area contributed by atoms with Gasteiger partial charge in [0, 0.05) is 24.7 Å². The summed E-state index contributed by atoms with van der Waals surface area (Å²) in [6, 6.07) is 6.47. The van der Waals surface area contributed by atoms with Crippen LogP contribution >= 0.6 is 0 Å². The first kappa shape index (κ1) is 13.3. The lowest BCUT2D eigenvalue weighted by Crippen LogP contribution is -2.02. The standard InChI is InChI=1S/C14H12F2N4O/c15-14(16)21-13-3-1-2-12(6-13)20-8-11(18-10-20)7-19-5-4-17-9-19/h1-6,8-10,14H,7H2. The molecule has 0 atom stereocenters. The zero-order chi connectivity index (χ0) is 14.7. The molecule has 0 fully saturated rings. The van der Waals surface area contributed by atoms with Crippen molar-refractivity contribution < 1.29 is 13.5 Å². The summed E-state index contributed by atoms with van der Waals surface area (Å²) in [5.41, 5.74) is 1.55. The van der Waals surface area contributed by atoms with E-state index in [0.717, 1.165) is 5.69 Å². The predicted octanol–water partition coefficient (Wildman–Crippen LogP) is 2.72. The molecule has 3 rings (SSSR count). The van der Waals surface area contributed by atoms with Crippen LogP contribution in [0.1, 0.15) is 5.69 Å². The van der Waals surface area contributed by atoms with Crippen LogP contribution in [0.3, 0.4) is 0 Å². The monoisotopic (exact) mass is 290 g/mol. The molecule has 0 bridgehead atoms. The molecule has 21 heavy (non-hydrogen) atoms. The second kappa shape index (κ2) is 5.74. The van der Waals surface area contributed by atoms with Gasteiger partial charge in [-0.05, 0) is 12.1 Å². The zero-order valence-corrected chi connectivity index (χ0v) is 10.9. The van der Waals surface area contributed by atoms with E-state index in [9.17, 15) is 8.78 Å². The first-order chi connectivity index (χ1) is 10.2. The first-order valence-electron chi connectivity index (χ1n) is 6.24. The fourth-order valence-electron chi connectivity index (χ4n) is 1.97. The molecule has 2 aromatic heterocycles. The third-order valence-corrected chi connectivity index (χ3v) is 2.88. The first-order valence-corrected chi connectivity index (χ1v) is 6.24. The van der Waals surface area contributed by atoms with Crippen molar-refractivity contribution in [2.75, 3.05) is 0 Å². The topological polar surface area (TPSA) is 44.9 Å². The smallest absolute Gasteiger partial charge is 0.387 e. The summed E-state index contributed by atoms with van der Waals surface area (Å²) in [7, 11) is 0. The highest BCUT2D eigenvalue weighted by Crippen LogP contribution is 2.19. The van der Waals surface area contributed by atoms with Crippen LogP contribution in [0, 0.1) is 0 Å². The summed E-state index contributed by atoms with van der Waals surface area (Å²) in [5.74, 6) is 0.118. The Bertz CT molecular complexity index is 709. The Morgan fingerprint density at radius 3 is 2.90 bits per heavy atom. The Morgan fingerprint density at radius 2 is 2.14 bits per heavy atom. The van der Waals surface area contributed by atoms with Crippen molar-refractivity contribution in [2.45, 2.75) is 13.2 Å². The second-order valence-electron chi connectivity index (χ2n) is 4.38. The number of hydrogen-bond donors (Lipinski definition) is 0. The minimum atomic E-state index is -2.83. The van der Waals surface area contributed by atoms with Crippen LogP contribution in [0.4, 0.5) is 8.78 Å². The van der Waals surface area contributed by atoms with Gasteiger partial charge < -0.3 is 13.9 Å². The lowest BCUT2D eigenvalue weighted by molar-refractivity contribution is -0.0498. The van der Waals surface area contributed by atoms with Crippen molar-refractivity contribution in [3.8, 4) is 11.4 Å². The molecule has 0 radical (unpaired) electrons. The number of rotatable bonds is 5. The average molecular weight is 290 g/mol. The summed E-state index contributed by atoms with van der Waals surface area (Å²) in [6.07, 6.45) is 8.71. The van der Waals surface area contributed by atoms with Gasteiger partial charge in [0.05, 0.1) is 30.6 Å². The Labute approximate surface area is 119 Å². The van der Waals surface area contributed by atoms with E-state index in [1.807, 2.05) is 17.0 Å². The van der Waals surface area contributed by atoms with Crippen LogP contribution in [0.15, 0.2) is 55.5 Å². The number of benzene rings is 1. The molecule has 108 valence electrons. The van der Waals surface area contributed by atoms with Crippen LogP contribution in [0.25, 0.3) is 5.69 Å². The van der Waals surface area contributed by atoms with Gasteiger partial charge in [0.15, 0.2) is 0 Å². The van der Waals surface area contributed by atoms with Gasteiger partial charge in [0.2, 0.25) is 0 Å². The maximum atomic E-state index is 12.2. The Morgan fingerprint density at radius 1 is 1.24 bits per heavy atom. The van der Waals surface area contributed by atoms with Crippen molar-refractivity contribution >= 4 is 0 Å². The number of hydrogen-bond acceptors (Lipinski definition) is 3. The molecule has 0 amide bonds. The van der Waals surface area contributed by atoms with Crippen LogP contribution < -0.4 is 4.74 Å². The van der Waals surface area contributed by atoms with Crippen LogP contribution in [0.2, 0.25) is 0 Å². The van der Waals surface area contributed by atoms with Crippen molar-refractivity contribution in [2.24, 2.45) is 0 Å². The molecule has 0 aliphatic heterocycles. The largest absolute Gasteiger partial charge is 0.435 e. The molecule has 0 saturated heterocycles. The molecule has 0 aliphatic carbocycles. The normalized spacial score (nSPS) is 11.0. The third-order valence-electron chi connectivity index (χ3n) is 2.88. The maximum absolute atomic E-state index is 12.2. The molecule has 2 heterocycles. The highest BCUT2D eigenvalue weighted by atomic mass is 19.3. The number of halogens is 2. The molecule has 0 spiro atoms. The summed E-state index contributed by atoms with van der Waals surface area (Å²) in [4.78, 5) is 8.25. The summed E-state index contributed by atoms with van der Waals surface area (Å²) < 4.78 is 32.5. The van der Waals surface area contributed by atoms with Crippen molar-refractivity contribution in [1.29, 1.82) is 0 Å². The number of ether oxygens (including phenoxy) is 1. The fraction of sp³-hybridized carbons (Fsp3) is 0.143. The minimum Gasteiger partial charge on any atom is -0.435 e. The Kier molecular flexibility index (Phi) is 3.63. The van der Waals surface area contributed by atoms with Gasteiger partial charge in [-0.15, -0.1) is 0 Å². The average Bonchev–Trinajstić information content (AvgIpc) is 3.10. The van der Waals surface area contributed by atoms with E-state index in [-0.39, 0.29) is 5.75 Å². The molecule has 0 N–H and O–H groups in total. The quantitative estimate of drug-likeness (QED) is 0.725. The lowest BCUT2D eigenvalue weighted by Gasteiger charge is -2.07. The van der Waals surface area contributed by atoms with Gasteiger partial charge in [-0.3, -0.25) is 0 Å². The van der Waals surface area contributed by atoms with Crippen LogP contribution in [-0.2, 0) is 6.54 Å². The minimum absolute atomic E-state index is 0.118. The van der Waals surface area contributed by atoms with Crippen molar-refractivity contribution in [3.05, 3.63) is 61.2 Å². The van der Waals surface area contributed by atoms with Crippen LogP contribution in [0.5, 0.6) is 5.75 Å². The Balaban J connectivity index is 1.79. The van der Waals surface area contributed by atoms with Gasteiger partial charge in [0.1, 0.15) is 5.75 Å². The molecular weight excluding hydrogens is 278 g/mol. The van der Waals surface area contributed by atoms with Gasteiger partial charge in [-0.2, -0.15) is 8.78 Å². The van der Waals surface area contributed by atoms with E-state index >= 15 is 0 Å². The zero-order valence-electron chi connectivity index (χ0n) is 10.9. The second-order valence-corrected chi connectivity index (χ2v) is 4.38. The SMILES string of the molecule is FC(F)Oc1cccc(-n2cnc(Cn3ccnc3)c2)c1. The van der Waals surface area contributed by atoms with Crippen LogP contribution in [-0.4, -0.2) is 25.7 Å². The molecule has 7 heteroatoms. The van der Waals surface area contributed by atoms with Gasteiger partial charge in [-0.25, -0.2) is 9.97 Å². The predicted molar refractivity (Wildman–Crippen MR) is 71.5 cm³/mol. The number of alkyl halides is 2. The van der Waals surface area contributed by atoms with E-state index in [1.165, 1.54) is 12.1 Å². The van der Waals surface area contributed by atoms with E-state index in [0.29, 0.717) is 12.2 Å².